The maximum Gasteiger partial charge on any atom is 0.256 e. The second kappa shape index (κ2) is 6.50. The lowest BCUT2D eigenvalue weighted by molar-refractivity contribution is 0.0232. The number of hydrogen-bond donors (Lipinski definition) is 2. The third-order valence-electron chi connectivity index (χ3n) is 3.27. The van der Waals surface area contributed by atoms with Crippen LogP contribution in [0.15, 0.2) is 36.4 Å². The van der Waals surface area contributed by atoms with E-state index in [9.17, 15) is 9.90 Å². The van der Waals surface area contributed by atoms with Crippen LogP contribution in [0.5, 0.6) is 0 Å². The highest BCUT2D eigenvalue weighted by molar-refractivity contribution is 5.98. The summed E-state index contributed by atoms with van der Waals surface area (Å²) in [5.74, 6) is -0.122. The molecule has 2 N–H and O–H groups in total. The summed E-state index contributed by atoms with van der Waals surface area (Å²) in [6.45, 7) is 0.625. The van der Waals surface area contributed by atoms with Gasteiger partial charge in [0.25, 0.3) is 5.91 Å². The molecule has 2 rings (SSSR count). The average molecular weight is 261 g/mol. The molecule has 0 saturated heterocycles. The number of carbonyl (C=O) groups excluding carboxylic acids is 1. The van der Waals surface area contributed by atoms with Gasteiger partial charge in [0, 0.05) is 24.3 Å². The SMILES string of the molecule is O=C1c2ccccc2C(O)N1C/C=C/CCCCO. The molecule has 4 heteroatoms. The zero-order valence-corrected chi connectivity index (χ0v) is 10.8. The summed E-state index contributed by atoms with van der Waals surface area (Å²) >= 11 is 0. The van der Waals surface area contributed by atoms with Gasteiger partial charge in [0.05, 0.1) is 0 Å². The molecule has 0 fully saturated rings. The molecule has 1 unspecified atom stereocenters. The number of aliphatic hydroxyl groups excluding tert-OH is 2. The van der Waals surface area contributed by atoms with Crippen molar-refractivity contribution in [3.8, 4) is 0 Å². The Labute approximate surface area is 113 Å². The molecular weight excluding hydrogens is 242 g/mol. The van der Waals surface area contributed by atoms with Crippen LogP contribution in [0.1, 0.15) is 41.4 Å². The normalized spacial score (nSPS) is 18.3. The summed E-state index contributed by atoms with van der Waals surface area (Å²) in [5.41, 5.74) is 1.27. The van der Waals surface area contributed by atoms with Crippen molar-refractivity contribution < 1.29 is 15.0 Å². The van der Waals surface area contributed by atoms with Gasteiger partial charge in [-0.2, -0.15) is 0 Å². The predicted molar refractivity (Wildman–Crippen MR) is 72.5 cm³/mol. The molecule has 4 nitrogen and oxygen atoms in total. The number of amides is 1. The van der Waals surface area contributed by atoms with Gasteiger partial charge in [0.1, 0.15) is 0 Å². The Hall–Kier alpha value is -1.65. The second-order valence-electron chi connectivity index (χ2n) is 4.61. The topological polar surface area (TPSA) is 60.8 Å². The minimum Gasteiger partial charge on any atom is -0.396 e. The molecule has 102 valence electrons. The van der Waals surface area contributed by atoms with E-state index in [0.29, 0.717) is 17.7 Å². The van der Waals surface area contributed by atoms with Crippen molar-refractivity contribution in [1.82, 2.24) is 4.90 Å². The number of unbranched alkanes of at least 4 members (excludes halogenated alkanes) is 2. The lowest BCUT2D eigenvalue weighted by Crippen LogP contribution is -2.27. The number of hydrogen-bond acceptors (Lipinski definition) is 3. The van der Waals surface area contributed by atoms with Crippen LogP contribution in [0.25, 0.3) is 0 Å². The molecular formula is C15H19NO3. The van der Waals surface area contributed by atoms with Crippen molar-refractivity contribution in [2.75, 3.05) is 13.2 Å². The fourth-order valence-corrected chi connectivity index (χ4v) is 2.21. The van der Waals surface area contributed by atoms with E-state index >= 15 is 0 Å². The predicted octanol–water partition coefficient (Wildman–Crippen LogP) is 1.85. The first-order valence-electron chi connectivity index (χ1n) is 6.59. The highest BCUT2D eigenvalue weighted by atomic mass is 16.3. The Kier molecular flexibility index (Phi) is 4.71. The zero-order valence-electron chi connectivity index (χ0n) is 10.8. The van der Waals surface area contributed by atoms with Crippen molar-refractivity contribution in [3.63, 3.8) is 0 Å². The minimum atomic E-state index is -0.842. The Morgan fingerprint density at radius 2 is 2.00 bits per heavy atom. The fraction of sp³-hybridized carbons (Fsp3) is 0.400. The van der Waals surface area contributed by atoms with Gasteiger partial charge in [0.15, 0.2) is 6.23 Å². The van der Waals surface area contributed by atoms with Crippen LogP contribution in [-0.2, 0) is 0 Å². The number of allylic oxidation sites excluding steroid dienone is 1. The van der Waals surface area contributed by atoms with E-state index < -0.39 is 6.23 Å². The second-order valence-corrected chi connectivity index (χ2v) is 4.61. The van der Waals surface area contributed by atoms with Gasteiger partial charge in [-0.1, -0.05) is 30.4 Å². The van der Waals surface area contributed by atoms with Crippen molar-refractivity contribution in [3.05, 3.63) is 47.5 Å². The van der Waals surface area contributed by atoms with Gasteiger partial charge in [-0.25, -0.2) is 0 Å². The highest BCUT2D eigenvalue weighted by Crippen LogP contribution is 2.30. The first-order valence-corrected chi connectivity index (χ1v) is 6.59. The molecule has 1 aliphatic heterocycles. The molecule has 0 radical (unpaired) electrons. The number of nitrogens with zero attached hydrogens (tertiary/aromatic N) is 1. The van der Waals surface area contributed by atoms with Crippen LogP contribution in [0.4, 0.5) is 0 Å². The number of rotatable bonds is 6. The van der Waals surface area contributed by atoms with E-state index in [1.165, 1.54) is 4.90 Å². The molecule has 1 aliphatic rings. The summed E-state index contributed by atoms with van der Waals surface area (Å²) in [4.78, 5) is 13.5. The summed E-state index contributed by atoms with van der Waals surface area (Å²) in [5, 5.41) is 18.7. The Balaban J connectivity index is 1.91. The number of fused-ring (bicyclic) bond motifs is 1. The van der Waals surface area contributed by atoms with Crippen LogP contribution in [0.3, 0.4) is 0 Å². The Morgan fingerprint density at radius 1 is 1.21 bits per heavy atom. The van der Waals surface area contributed by atoms with Gasteiger partial charge in [0.2, 0.25) is 0 Å². The highest BCUT2D eigenvalue weighted by Gasteiger charge is 2.33. The van der Waals surface area contributed by atoms with Crippen LogP contribution in [0.2, 0.25) is 0 Å². The smallest absolute Gasteiger partial charge is 0.256 e. The Bertz CT molecular complexity index is 470. The molecule has 0 saturated carbocycles. The molecule has 0 spiro atoms. The van der Waals surface area contributed by atoms with Gasteiger partial charge in [-0.3, -0.25) is 4.79 Å². The lowest BCUT2D eigenvalue weighted by Gasteiger charge is -2.18. The monoisotopic (exact) mass is 261 g/mol. The molecule has 1 atom stereocenters. The van der Waals surface area contributed by atoms with E-state index in [2.05, 4.69) is 0 Å². The number of aliphatic hydroxyl groups is 2. The molecule has 1 heterocycles. The molecule has 0 bridgehead atoms. The van der Waals surface area contributed by atoms with Crippen LogP contribution >= 0.6 is 0 Å². The summed E-state index contributed by atoms with van der Waals surface area (Å²) in [6, 6.07) is 7.15. The third-order valence-corrected chi connectivity index (χ3v) is 3.27. The van der Waals surface area contributed by atoms with Gasteiger partial charge in [-0.05, 0) is 25.3 Å². The summed E-state index contributed by atoms with van der Waals surface area (Å²) < 4.78 is 0. The van der Waals surface area contributed by atoms with Crippen molar-refractivity contribution in [1.29, 1.82) is 0 Å². The maximum atomic E-state index is 12.1. The third kappa shape index (κ3) is 3.03. The zero-order chi connectivity index (χ0) is 13.7. The molecule has 19 heavy (non-hydrogen) atoms. The molecule has 1 amide bonds. The standard InChI is InChI=1S/C15H19NO3/c17-11-7-3-1-2-6-10-16-14(18)12-8-4-5-9-13(12)15(16)19/h2,4-6,8-9,14,17-18H,1,3,7,10-11H2/b6-2+. The van der Waals surface area contributed by atoms with Gasteiger partial charge < -0.3 is 15.1 Å². The summed E-state index contributed by atoms with van der Waals surface area (Å²) in [6.07, 6.45) is 5.64. The van der Waals surface area contributed by atoms with Gasteiger partial charge >= 0.3 is 0 Å². The number of benzene rings is 1. The van der Waals surface area contributed by atoms with Crippen molar-refractivity contribution >= 4 is 5.91 Å². The van der Waals surface area contributed by atoms with E-state index in [1.807, 2.05) is 18.2 Å². The molecule has 0 aromatic heterocycles. The first-order chi connectivity index (χ1) is 9.25. The van der Waals surface area contributed by atoms with E-state index in [1.54, 1.807) is 18.2 Å². The lowest BCUT2D eigenvalue weighted by atomic mass is 10.1. The van der Waals surface area contributed by atoms with Crippen molar-refractivity contribution in [2.24, 2.45) is 0 Å². The Morgan fingerprint density at radius 3 is 2.74 bits per heavy atom. The molecule has 1 aromatic carbocycles. The van der Waals surface area contributed by atoms with Crippen LogP contribution in [-0.4, -0.2) is 34.2 Å². The quantitative estimate of drug-likeness (QED) is 0.607. The summed E-state index contributed by atoms with van der Waals surface area (Å²) in [7, 11) is 0. The number of carbonyl (C=O) groups is 1. The molecule has 0 aliphatic carbocycles. The van der Waals surface area contributed by atoms with E-state index in [-0.39, 0.29) is 12.5 Å². The minimum absolute atomic E-state index is 0.122. The first kappa shape index (κ1) is 13.8. The largest absolute Gasteiger partial charge is 0.396 e. The van der Waals surface area contributed by atoms with E-state index in [4.69, 9.17) is 5.11 Å². The van der Waals surface area contributed by atoms with Gasteiger partial charge in [-0.15, -0.1) is 0 Å². The molecule has 1 aromatic rings. The van der Waals surface area contributed by atoms with E-state index in [0.717, 1.165) is 19.3 Å². The average Bonchev–Trinajstić information content (AvgIpc) is 2.68. The fourth-order valence-electron chi connectivity index (χ4n) is 2.21. The maximum absolute atomic E-state index is 12.1. The van der Waals surface area contributed by atoms with Crippen LogP contribution < -0.4 is 0 Å². The van der Waals surface area contributed by atoms with Crippen molar-refractivity contribution in [2.45, 2.75) is 25.5 Å². The van der Waals surface area contributed by atoms with Crippen LogP contribution in [0, 0.1) is 0 Å².